The quantitative estimate of drug-likeness (QED) is 0.595. The van der Waals surface area contributed by atoms with Crippen LogP contribution >= 0.6 is 11.3 Å². The molecule has 3 heterocycles. The second-order valence-corrected chi connectivity index (χ2v) is 8.93. The molecule has 4 rings (SSSR count). The molecule has 2 aliphatic heterocycles. The predicted molar refractivity (Wildman–Crippen MR) is 115 cm³/mol. The van der Waals surface area contributed by atoms with Crippen LogP contribution in [0.4, 0.5) is 27.4 Å². The summed E-state index contributed by atoms with van der Waals surface area (Å²) in [5.74, 6) is -3.00. The van der Waals surface area contributed by atoms with Crippen LogP contribution in [0.3, 0.4) is 0 Å². The van der Waals surface area contributed by atoms with E-state index < -0.39 is 12.1 Å². The first-order valence-corrected chi connectivity index (χ1v) is 11.2. The van der Waals surface area contributed by atoms with E-state index >= 15 is 0 Å². The molecule has 180 valence electrons. The van der Waals surface area contributed by atoms with Gasteiger partial charge in [-0.1, -0.05) is 12.1 Å². The molecule has 2 unspecified atom stereocenters. The fraction of sp³-hybridized carbons (Fsp3) is 0.455. The molecule has 6 nitrogen and oxygen atoms in total. The fourth-order valence-electron chi connectivity index (χ4n) is 3.98. The van der Waals surface area contributed by atoms with Crippen LogP contribution in [-0.2, 0) is 16.0 Å². The zero-order chi connectivity index (χ0) is 24.2. The molecule has 33 heavy (non-hydrogen) atoms. The van der Waals surface area contributed by atoms with Gasteiger partial charge in [-0.15, -0.1) is 11.3 Å². The number of thiophene rings is 1. The highest BCUT2D eigenvalue weighted by atomic mass is 32.1. The number of aliphatic carboxylic acids is 1. The van der Waals surface area contributed by atoms with Gasteiger partial charge in [0, 0.05) is 25.6 Å². The van der Waals surface area contributed by atoms with E-state index in [9.17, 15) is 22.4 Å². The Labute approximate surface area is 192 Å². The number of rotatable bonds is 4. The maximum absolute atomic E-state index is 13.1. The third-order valence-corrected chi connectivity index (χ3v) is 6.58. The van der Waals surface area contributed by atoms with Crippen molar-refractivity contribution >= 4 is 28.4 Å². The number of hydrogen-bond donors (Lipinski definition) is 2. The number of nitrogens with one attached hydrogen (secondary N) is 1. The summed E-state index contributed by atoms with van der Waals surface area (Å²) < 4.78 is 50.6. The lowest BCUT2D eigenvalue weighted by molar-refractivity contribution is -0.192. The van der Waals surface area contributed by atoms with Crippen LogP contribution < -0.4 is 10.2 Å². The maximum Gasteiger partial charge on any atom is 0.490 e. The predicted octanol–water partition coefficient (Wildman–Crippen LogP) is 4.97. The summed E-state index contributed by atoms with van der Waals surface area (Å²) in [5, 5.41) is 13.5. The number of carbonyl (C=O) groups excluding carboxylic acids is 1. The lowest BCUT2D eigenvalue weighted by Crippen LogP contribution is -2.43. The Bertz CT molecular complexity index is 952. The van der Waals surface area contributed by atoms with Gasteiger partial charge in [0.1, 0.15) is 16.9 Å². The Hall–Kier alpha value is -2.66. The molecule has 2 atom stereocenters. The lowest BCUT2D eigenvalue weighted by Gasteiger charge is -2.30. The van der Waals surface area contributed by atoms with Gasteiger partial charge in [-0.05, 0) is 60.4 Å². The van der Waals surface area contributed by atoms with Gasteiger partial charge in [-0.25, -0.2) is 14.0 Å². The van der Waals surface area contributed by atoms with E-state index in [4.69, 9.17) is 14.6 Å². The average molecular weight is 489 g/mol. The number of amides is 1. The monoisotopic (exact) mass is 488 g/mol. The molecule has 2 aromatic rings. The fourth-order valence-corrected chi connectivity index (χ4v) is 4.87. The number of carbonyl (C=O) groups is 2. The molecule has 2 saturated heterocycles. The number of benzene rings is 1. The van der Waals surface area contributed by atoms with E-state index in [-0.39, 0.29) is 18.0 Å². The topological polar surface area (TPSA) is 78.9 Å². The minimum absolute atomic E-state index is 0.00390. The number of carboxylic acids is 1. The summed E-state index contributed by atoms with van der Waals surface area (Å²) in [6.45, 7) is 0. The van der Waals surface area contributed by atoms with E-state index in [1.54, 1.807) is 24.1 Å². The number of anilines is 1. The number of fused-ring (bicyclic) bond motifs is 2. The van der Waals surface area contributed by atoms with E-state index in [1.165, 1.54) is 36.3 Å². The van der Waals surface area contributed by atoms with Crippen molar-refractivity contribution in [3.63, 3.8) is 0 Å². The summed E-state index contributed by atoms with van der Waals surface area (Å²) in [6.07, 6.45) is -0.536. The van der Waals surface area contributed by atoms with Crippen molar-refractivity contribution in [1.29, 1.82) is 0 Å². The zero-order valence-electron chi connectivity index (χ0n) is 17.8. The Morgan fingerprint density at radius 3 is 2.27 bits per heavy atom. The molecule has 2 bridgehead atoms. The molecular formula is C22H24F4N2O4S. The van der Waals surface area contributed by atoms with Gasteiger partial charge in [0.15, 0.2) is 0 Å². The molecule has 1 aromatic carbocycles. The Morgan fingerprint density at radius 2 is 1.73 bits per heavy atom. The first kappa shape index (κ1) is 25.0. The number of ether oxygens (including phenoxy) is 1. The molecule has 0 saturated carbocycles. The second kappa shape index (κ2) is 10.5. The number of halogens is 4. The molecular weight excluding hydrogens is 464 g/mol. The van der Waals surface area contributed by atoms with Gasteiger partial charge in [-0.2, -0.15) is 13.2 Å². The van der Waals surface area contributed by atoms with Crippen LogP contribution in [0.25, 0.3) is 0 Å². The molecule has 2 fully saturated rings. The van der Waals surface area contributed by atoms with Crippen LogP contribution in [0.2, 0.25) is 0 Å². The van der Waals surface area contributed by atoms with Crippen molar-refractivity contribution in [2.75, 3.05) is 11.9 Å². The largest absolute Gasteiger partial charge is 0.490 e. The highest BCUT2D eigenvalue weighted by Crippen LogP contribution is 2.32. The first-order valence-electron chi connectivity index (χ1n) is 10.3. The van der Waals surface area contributed by atoms with Gasteiger partial charge in [0.25, 0.3) is 0 Å². The van der Waals surface area contributed by atoms with Crippen LogP contribution in [0.15, 0.2) is 35.7 Å². The number of carboxylic acid groups (broad SMARTS) is 1. The zero-order valence-corrected chi connectivity index (χ0v) is 18.6. The number of alkyl halides is 3. The number of piperidine rings is 1. The Balaban J connectivity index is 0.000000383. The average Bonchev–Trinajstić information content (AvgIpc) is 3.34. The Morgan fingerprint density at radius 1 is 1.15 bits per heavy atom. The van der Waals surface area contributed by atoms with Crippen molar-refractivity contribution in [3.8, 4) is 0 Å². The Kier molecular flexibility index (Phi) is 7.96. The van der Waals surface area contributed by atoms with Gasteiger partial charge >= 0.3 is 18.2 Å². The van der Waals surface area contributed by atoms with E-state index in [0.717, 1.165) is 29.0 Å². The van der Waals surface area contributed by atoms with Gasteiger partial charge in [0.05, 0.1) is 0 Å². The molecule has 11 heteroatoms. The number of hydrogen-bond acceptors (Lipinski definition) is 5. The minimum Gasteiger partial charge on any atom is -0.475 e. The second-order valence-electron chi connectivity index (χ2n) is 8.03. The third-order valence-electron chi connectivity index (χ3n) is 5.55. The van der Waals surface area contributed by atoms with Gasteiger partial charge < -0.3 is 15.2 Å². The smallest absolute Gasteiger partial charge is 0.475 e. The van der Waals surface area contributed by atoms with Crippen LogP contribution in [0.1, 0.15) is 36.8 Å². The number of nitrogens with zero attached hydrogens (tertiary/aromatic N) is 1. The molecule has 2 aliphatic rings. The highest BCUT2D eigenvalue weighted by molar-refractivity contribution is 7.14. The van der Waals surface area contributed by atoms with Crippen molar-refractivity contribution in [1.82, 2.24) is 5.32 Å². The minimum atomic E-state index is -5.08. The third kappa shape index (κ3) is 6.91. The standard InChI is InChI=1S/C20H23FN2O2S.C2HF3O2/c1-23(20(24)25-18-11-16-6-7-17(12-18)22-16)19-14(8-9-26-19)10-13-2-4-15(21)5-3-13;3-2(4,5)1(6)7/h2-5,8-9,16-18,22H,6-7,10-12H2,1H3;(H,6,7). The molecule has 0 spiro atoms. The van der Waals surface area contributed by atoms with Crippen LogP contribution in [0.5, 0.6) is 0 Å². The summed E-state index contributed by atoms with van der Waals surface area (Å²) in [4.78, 5) is 23.1. The van der Waals surface area contributed by atoms with Crippen molar-refractivity contribution in [2.24, 2.45) is 0 Å². The summed E-state index contributed by atoms with van der Waals surface area (Å²) in [6, 6.07) is 9.48. The highest BCUT2D eigenvalue weighted by Gasteiger charge is 2.38. The maximum atomic E-state index is 13.1. The van der Waals surface area contributed by atoms with Gasteiger partial charge in [0.2, 0.25) is 0 Å². The van der Waals surface area contributed by atoms with Crippen LogP contribution in [0, 0.1) is 5.82 Å². The van der Waals surface area contributed by atoms with E-state index in [0.29, 0.717) is 18.5 Å². The van der Waals surface area contributed by atoms with Crippen molar-refractivity contribution < 1.29 is 37.0 Å². The lowest BCUT2D eigenvalue weighted by atomic mass is 10.0. The van der Waals surface area contributed by atoms with E-state index in [1.807, 2.05) is 11.4 Å². The molecule has 0 aliphatic carbocycles. The summed E-state index contributed by atoms with van der Waals surface area (Å²) >= 11 is 1.52. The molecule has 2 N–H and O–H groups in total. The summed E-state index contributed by atoms with van der Waals surface area (Å²) in [7, 11) is 1.76. The van der Waals surface area contributed by atoms with Crippen molar-refractivity contribution in [2.45, 2.75) is 56.5 Å². The first-order chi connectivity index (χ1) is 15.5. The molecule has 1 amide bonds. The van der Waals surface area contributed by atoms with E-state index in [2.05, 4.69) is 5.32 Å². The molecule has 1 aromatic heterocycles. The van der Waals surface area contributed by atoms with Crippen molar-refractivity contribution in [3.05, 3.63) is 52.7 Å². The molecule has 0 radical (unpaired) electrons. The van der Waals surface area contributed by atoms with Gasteiger partial charge in [-0.3, -0.25) is 4.90 Å². The summed E-state index contributed by atoms with van der Waals surface area (Å²) in [5.41, 5.74) is 2.06. The van der Waals surface area contributed by atoms with Crippen LogP contribution in [-0.4, -0.2) is 48.6 Å². The SMILES string of the molecule is CN(C(=O)OC1CC2CCC(C1)N2)c1sccc1Cc1ccc(F)cc1.O=C(O)C(F)(F)F. The normalized spacial score (nSPS) is 21.7.